The Kier molecular flexibility index (Phi) is 4.73. The number of carbonyl (C=O) groups excluding carboxylic acids is 3. The van der Waals surface area contributed by atoms with Crippen LogP contribution in [0, 0.1) is 12.8 Å². The van der Waals surface area contributed by atoms with E-state index in [4.69, 9.17) is 11.6 Å². The summed E-state index contributed by atoms with van der Waals surface area (Å²) in [5.41, 5.74) is 0.583. The SMILES string of the molecule is Cc1ccc(Cl)cc1NC(=O)CN1C(=O)N[C@@]2(CCCC[C@H]2C)C1=O. The zero-order valence-corrected chi connectivity index (χ0v) is 15.2. The fraction of sp³-hybridized carbons (Fsp3) is 0.500. The van der Waals surface area contributed by atoms with Crippen molar-refractivity contribution in [2.75, 3.05) is 11.9 Å². The van der Waals surface area contributed by atoms with E-state index in [1.54, 1.807) is 18.2 Å². The van der Waals surface area contributed by atoms with Crippen LogP contribution in [0.5, 0.6) is 0 Å². The Labute approximate surface area is 151 Å². The molecule has 1 heterocycles. The molecule has 0 radical (unpaired) electrons. The number of amides is 4. The van der Waals surface area contributed by atoms with E-state index in [1.165, 1.54) is 0 Å². The summed E-state index contributed by atoms with van der Waals surface area (Å²) in [5, 5.41) is 6.07. The predicted molar refractivity (Wildman–Crippen MR) is 95.4 cm³/mol. The number of halogens is 1. The largest absolute Gasteiger partial charge is 0.325 e. The lowest BCUT2D eigenvalue weighted by Gasteiger charge is -2.36. The standard InChI is InChI=1S/C18H22ClN3O3/c1-11-6-7-13(19)9-14(11)20-15(23)10-22-16(24)18(21-17(22)25)8-4-3-5-12(18)2/h6-7,9,12H,3-5,8,10H2,1-2H3,(H,20,23)(H,21,25)/t12-,18-/m1/s1. The normalized spacial score (nSPS) is 26.0. The highest BCUT2D eigenvalue weighted by Crippen LogP contribution is 2.38. The van der Waals surface area contributed by atoms with Gasteiger partial charge in [-0.3, -0.25) is 14.5 Å². The molecule has 3 rings (SSSR count). The Morgan fingerprint density at radius 2 is 2.16 bits per heavy atom. The van der Waals surface area contributed by atoms with Gasteiger partial charge in [0.05, 0.1) is 0 Å². The molecule has 1 saturated heterocycles. The number of nitrogens with one attached hydrogen (secondary N) is 2. The Balaban J connectivity index is 1.72. The number of urea groups is 1. The second-order valence-electron chi connectivity index (χ2n) is 6.95. The third-order valence-electron chi connectivity index (χ3n) is 5.28. The third kappa shape index (κ3) is 3.23. The minimum absolute atomic E-state index is 0.0703. The van der Waals surface area contributed by atoms with Gasteiger partial charge in [0, 0.05) is 10.7 Å². The molecule has 1 aliphatic carbocycles. The summed E-state index contributed by atoms with van der Waals surface area (Å²) >= 11 is 5.95. The summed E-state index contributed by atoms with van der Waals surface area (Å²) in [6, 6.07) is 4.69. The lowest BCUT2D eigenvalue weighted by atomic mass is 9.73. The van der Waals surface area contributed by atoms with Crippen LogP contribution < -0.4 is 10.6 Å². The summed E-state index contributed by atoms with van der Waals surface area (Å²) in [7, 11) is 0. The molecule has 1 aromatic carbocycles. The van der Waals surface area contributed by atoms with Crippen LogP contribution >= 0.6 is 11.6 Å². The number of hydrogen-bond acceptors (Lipinski definition) is 3. The summed E-state index contributed by atoms with van der Waals surface area (Å²) < 4.78 is 0. The van der Waals surface area contributed by atoms with Crippen LogP contribution in [0.3, 0.4) is 0 Å². The van der Waals surface area contributed by atoms with Crippen LogP contribution in [0.4, 0.5) is 10.5 Å². The Morgan fingerprint density at radius 1 is 1.40 bits per heavy atom. The molecule has 1 aliphatic heterocycles. The van der Waals surface area contributed by atoms with Gasteiger partial charge in [0.1, 0.15) is 12.1 Å². The van der Waals surface area contributed by atoms with E-state index in [0.717, 1.165) is 29.7 Å². The molecule has 0 bridgehead atoms. The topological polar surface area (TPSA) is 78.5 Å². The van der Waals surface area contributed by atoms with E-state index in [2.05, 4.69) is 10.6 Å². The zero-order valence-electron chi connectivity index (χ0n) is 14.4. The first-order valence-electron chi connectivity index (χ1n) is 8.53. The molecule has 2 aliphatic rings. The Bertz CT molecular complexity index is 736. The molecule has 1 aromatic rings. The molecule has 2 fully saturated rings. The van der Waals surface area contributed by atoms with Crippen molar-refractivity contribution in [2.45, 2.75) is 45.1 Å². The van der Waals surface area contributed by atoms with Crippen LogP contribution in [0.1, 0.15) is 38.2 Å². The molecular weight excluding hydrogens is 342 g/mol. The molecule has 6 nitrogen and oxygen atoms in total. The van der Waals surface area contributed by atoms with Gasteiger partial charge in [-0.1, -0.05) is 37.4 Å². The van der Waals surface area contributed by atoms with Crippen molar-refractivity contribution >= 4 is 35.1 Å². The Morgan fingerprint density at radius 3 is 2.88 bits per heavy atom. The minimum Gasteiger partial charge on any atom is -0.324 e. The first-order chi connectivity index (χ1) is 11.8. The molecule has 4 amide bonds. The van der Waals surface area contributed by atoms with Crippen LogP contribution in [-0.2, 0) is 9.59 Å². The van der Waals surface area contributed by atoms with Crippen molar-refractivity contribution in [3.05, 3.63) is 28.8 Å². The molecule has 25 heavy (non-hydrogen) atoms. The maximum Gasteiger partial charge on any atom is 0.325 e. The van der Waals surface area contributed by atoms with Gasteiger partial charge in [0.15, 0.2) is 0 Å². The van der Waals surface area contributed by atoms with E-state index in [-0.39, 0.29) is 18.4 Å². The van der Waals surface area contributed by atoms with E-state index >= 15 is 0 Å². The van der Waals surface area contributed by atoms with Gasteiger partial charge in [-0.25, -0.2) is 4.79 Å². The number of aryl methyl sites for hydroxylation is 1. The molecule has 1 saturated carbocycles. The van der Waals surface area contributed by atoms with Gasteiger partial charge in [-0.05, 0) is 43.4 Å². The van der Waals surface area contributed by atoms with Gasteiger partial charge >= 0.3 is 6.03 Å². The van der Waals surface area contributed by atoms with Crippen molar-refractivity contribution in [3.63, 3.8) is 0 Å². The number of benzene rings is 1. The molecular formula is C18H22ClN3O3. The average Bonchev–Trinajstić information content (AvgIpc) is 2.79. The third-order valence-corrected chi connectivity index (χ3v) is 5.51. The van der Waals surface area contributed by atoms with E-state index in [0.29, 0.717) is 17.1 Å². The smallest absolute Gasteiger partial charge is 0.324 e. The first-order valence-corrected chi connectivity index (χ1v) is 8.91. The van der Waals surface area contributed by atoms with Gasteiger partial charge in [-0.15, -0.1) is 0 Å². The van der Waals surface area contributed by atoms with Gasteiger partial charge in [0.2, 0.25) is 5.91 Å². The number of anilines is 1. The molecule has 2 atom stereocenters. The van der Waals surface area contributed by atoms with Crippen LogP contribution in [0.15, 0.2) is 18.2 Å². The maximum absolute atomic E-state index is 12.9. The van der Waals surface area contributed by atoms with Crippen molar-refractivity contribution in [1.82, 2.24) is 10.2 Å². The average molecular weight is 364 g/mol. The van der Waals surface area contributed by atoms with Crippen molar-refractivity contribution in [1.29, 1.82) is 0 Å². The lowest BCUT2D eigenvalue weighted by Crippen LogP contribution is -2.54. The van der Waals surface area contributed by atoms with E-state index < -0.39 is 17.5 Å². The molecule has 0 aromatic heterocycles. The number of carbonyl (C=O) groups is 3. The predicted octanol–water partition coefficient (Wildman–Crippen LogP) is 3.09. The van der Waals surface area contributed by atoms with E-state index in [9.17, 15) is 14.4 Å². The van der Waals surface area contributed by atoms with Gasteiger partial charge in [0.25, 0.3) is 5.91 Å². The monoisotopic (exact) mass is 363 g/mol. The highest BCUT2D eigenvalue weighted by Gasteiger charge is 2.55. The van der Waals surface area contributed by atoms with Gasteiger partial charge < -0.3 is 10.6 Å². The van der Waals surface area contributed by atoms with Crippen LogP contribution in [-0.4, -0.2) is 34.8 Å². The second kappa shape index (κ2) is 6.67. The summed E-state index contributed by atoms with van der Waals surface area (Å²) in [6.07, 6.45) is 3.48. The number of rotatable bonds is 3. The number of hydrogen-bond donors (Lipinski definition) is 2. The van der Waals surface area contributed by atoms with Crippen molar-refractivity contribution < 1.29 is 14.4 Å². The van der Waals surface area contributed by atoms with E-state index in [1.807, 2.05) is 13.8 Å². The number of imide groups is 1. The molecule has 134 valence electrons. The summed E-state index contributed by atoms with van der Waals surface area (Å²) in [5.74, 6) is -0.641. The minimum atomic E-state index is -0.846. The highest BCUT2D eigenvalue weighted by atomic mass is 35.5. The van der Waals surface area contributed by atoms with Crippen molar-refractivity contribution in [3.8, 4) is 0 Å². The fourth-order valence-corrected chi connectivity index (χ4v) is 3.87. The first kappa shape index (κ1) is 17.7. The highest BCUT2D eigenvalue weighted by molar-refractivity contribution is 6.31. The summed E-state index contributed by atoms with van der Waals surface area (Å²) in [4.78, 5) is 38.5. The second-order valence-corrected chi connectivity index (χ2v) is 7.38. The lowest BCUT2D eigenvalue weighted by molar-refractivity contribution is -0.136. The fourth-order valence-electron chi connectivity index (χ4n) is 3.70. The molecule has 7 heteroatoms. The molecule has 0 unspecified atom stereocenters. The summed E-state index contributed by atoms with van der Waals surface area (Å²) in [6.45, 7) is 3.53. The quantitative estimate of drug-likeness (QED) is 0.810. The zero-order chi connectivity index (χ0) is 18.2. The molecule has 2 N–H and O–H groups in total. The molecule has 1 spiro atoms. The van der Waals surface area contributed by atoms with Crippen molar-refractivity contribution in [2.24, 2.45) is 5.92 Å². The number of nitrogens with zero attached hydrogens (tertiary/aromatic N) is 1. The maximum atomic E-state index is 12.9. The van der Waals surface area contributed by atoms with Crippen LogP contribution in [0.2, 0.25) is 5.02 Å². The Hall–Kier alpha value is -2.08. The van der Waals surface area contributed by atoms with Gasteiger partial charge in [-0.2, -0.15) is 0 Å². The van der Waals surface area contributed by atoms with Crippen LogP contribution in [0.25, 0.3) is 0 Å².